The predicted octanol–water partition coefficient (Wildman–Crippen LogP) is 5.50. The standard InChI is InChI=1S/C18H36O5Si4.CH3.Y/c1-24(2,3)21-26(7,8)23-27(9,22-25(4,5)6)20-15-14-17-10-12-18(16-19)13-11-17;;/h10-13,16H,14-15H2,1-9H3;1H3;/q;-1;. The molecular formula is C19H39O5Si4Y-. The van der Waals surface area contributed by atoms with Gasteiger partial charge in [0.05, 0.1) is 0 Å². The number of aldehydes is 1. The van der Waals surface area contributed by atoms with Crippen LogP contribution in [0.3, 0.4) is 0 Å². The second-order valence-electron chi connectivity index (χ2n) is 9.25. The maximum Gasteiger partial charge on any atom is 0.478 e. The van der Waals surface area contributed by atoms with Gasteiger partial charge in [-0.15, -0.1) is 0 Å². The Morgan fingerprint density at radius 3 is 1.69 bits per heavy atom. The van der Waals surface area contributed by atoms with Crippen molar-refractivity contribution in [2.75, 3.05) is 6.61 Å². The van der Waals surface area contributed by atoms with E-state index in [1.54, 1.807) is 0 Å². The van der Waals surface area contributed by atoms with E-state index in [9.17, 15) is 4.79 Å². The number of carbonyl (C=O) groups excluding carboxylic acids is 1. The number of carbonyl (C=O) groups is 1. The molecule has 0 amide bonds. The Morgan fingerprint density at radius 1 is 0.793 bits per heavy atom. The fourth-order valence-electron chi connectivity index (χ4n) is 2.96. The monoisotopic (exact) mass is 548 g/mol. The van der Waals surface area contributed by atoms with Crippen molar-refractivity contribution < 1.29 is 54.3 Å². The van der Waals surface area contributed by atoms with Gasteiger partial charge in [-0.05, 0) is 64.4 Å². The van der Waals surface area contributed by atoms with Gasteiger partial charge < -0.3 is 24.2 Å². The molecule has 10 heteroatoms. The quantitative estimate of drug-likeness (QED) is 0.208. The molecule has 165 valence electrons. The van der Waals surface area contributed by atoms with Crippen LogP contribution in [0.5, 0.6) is 0 Å². The first-order valence-electron chi connectivity index (χ1n) is 9.42. The Morgan fingerprint density at radius 2 is 1.28 bits per heavy atom. The van der Waals surface area contributed by atoms with E-state index in [2.05, 4.69) is 52.4 Å². The fourth-order valence-corrected chi connectivity index (χ4v) is 18.9. The average molecular weight is 549 g/mol. The van der Waals surface area contributed by atoms with Crippen LogP contribution >= 0.6 is 0 Å². The molecule has 1 radical (unpaired) electrons. The van der Waals surface area contributed by atoms with Crippen LogP contribution in [0, 0.1) is 7.43 Å². The summed E-state index contributed by atoms with van der Waals surface area (Å²) in [7, 11) is -8.74. The summed E-state index contributed by atoms with van der Waals surface area (Å²) in [5.74, 6) is 0. The van der Waals surface area contributed by atoms with Crippen molar-refractivity contribution in [1.82, 2.24) is 0 Å². The first-order valence-corrected chi connectivity index (χ1v) is 21.3. The molecule has 0 aliphatic rings. The Kier molecular flexibility index (Phi) is 13.9. The Labute approximate surface area is 208 Å². The van der Waals surface area contributed by atoms with Gasteiger partial charge in [-0.2, -0.15) is 0 Å². The first-order chi connectivity index (χ1) is 12.1. The van der Waals surface area contributed by atoms with E-state index in [1.165, 1.54) is 0 Å². The first kappa shape index (κ1) is 31.9. The normalized spacial score (nSPS) is 14.4. The molecule has 0 fully saturated rings. The third-order valence-electron chi connectivity index (χ3n) is 3.35. The van der Waals surface area contributed by atoms with Crippen molar-refractivity contribution in [1.29, 1.82) is 0 Å². The molecule has 0 aliphatic heterocycles. The smallest absolute Gasteiger partial charge is 0.437 e. The van der Waals surface area contributed by atoms with Gasteiger partial charge in [-0.25, -0.2) is 0 Å². The average Bonchev–Trinajstić information content (AvgIpc) is 2.42. The number of hydrogen-bond acceptors (Lipinski definition) is 5. The third-order valence-corrected chi connectivity index (χ3v) is 15.9. The number of hydrogen-bond donors (Lipinski definition) is 0. The predicted molar refractivity (Wildman–Crippen MR) is 127 cm³/mol. The van der Waals surface area contributed by atoms with E-state index in [4.69, 9.17) is 16.8 Å². The molecule has 1 aromatic carbocycles. The summed E-state index contributed by atoms with van der Waals surface area (Å²) < 4.78 is 25.5. The SMILES string of the molecule is C[Si](C)(C)O[Si](C)(C)O[Si](C)(OCCc1ccc(C=O)cc1)O[Si](C)(C)C.[CH3-].[Y]. The summed E-state index contributed by atoms with van der Waals surface area (Å²) >= 11 is 0. The second kappa shape index (κ2) is 12.7. The second-order valence-corrected chi connectivity index (χ2v) is 25.0. The van der Waals surface area contributed by atoms with Gasteiger partial charge in [0.2, 0.25) is 0 Å². The molecule has 0 bridgehead atoms. The third kappa shape index (κ3) is 14.4. The van der Waals surface area contributed by atoms with E-state index < -0.39 is 34.0 Å². The molecule has 1 atom stereocenters. The largest absolute Gasteiger partial charge is 0.478 e. The van der Waals surface area contributed by atoms with Gasteiger partial charge >= 0.3 is 17.4 Å². The molecule has 1 rings (SSSR count). The topological polar surface area (TPSA) is 54.0 Å². The molecular weight excluding hydrogens is 509 g/mol. The van der Waals surface area contributed by atoms with E-state index >= 15 is 0 Å². The molecule has 0 saturated carbocycles. The molecule has 1 aromatic rings. The van der Waals surface area contributed by atoms with Crippen molar-refractivity contribution in [3.8, 4) is 0 Å². The van der Waals surface area contributed by atoms with Crippen molar-refractivity contribution in [3.63, 3.8) is 0 Å². The minimum Gasteiger partial charge on any atom is -0.437 e. The Balaban J connectivity index is 0. The molecule has 0 N–H and O–H groups in total. The van der Waals surface area contributed by atoms with E-state index in [0.29, 0.717) is 12.2 Å². The summed E-state index contributed by atoms with van der Waals surface area (Å²) in [6, 6.07) is 7.57. The van der Waals surface area contributed by atoms with E-state index in [0.717, 1.165) is 18.3 Å². The van der Waals surface area contributed by atoms with Crippen LogP contribution in [0.15, 0.2) is 24.3 Å². The van der Waals surface area contributed by atoms with Crippen molar-refractivity contribution in [2.45, 2.75) is 65.3 Å². The fraction of sp³-hybridized carbons (Fsp3) is 0.579. The molecule has 29 heavy (non-hydrogen) atoms. The minimum absolute atomic E-state index is 0. The van der Waals surface area contributed by atoms with Crippen LogP contribution in [-0.2, 0) is 55.9 Å². The molecule has 1 unspecified atom stereocenters. The van der Waals surface area contributed by atoms with Gasteiger partial charge in [0, 0.05) is 51.4 Å². The molecule has 0 heterocycles. The summed E-state index contributed by atoms with van der Waals surface area (Å²) in [5, 5.41) is 0. The van der Waals surface area contributed by atoms with E-state index in [-0.39, 0.29) is 40.1 Å². The van der Waals surface area contributed by atoms with Crippen LogP contribution in [-0.4, -0.2) is 46.9 Å². The molecule has 0 spiro atoms. The maximum absolute atomic E-state index is 10.8. The van der Waals surface area contributed by atoms with Gasteiger partial charge in [0.1, 0.15) is 6.29 Å². The maximum atomic E-state index is 10.8. The van der Waals surface area contributed by atoms with Crippen molar-refractivity contribution in [3.05, 3.63) is 42.8 Å². The van der Waals surface area contributed by atoms with Crippen molar-refractivity contribution in [2.24, 2.45) is 0 Å². The number of rotatable bonds is 11. The van der Waals surface area contributed by atoms with Crippen LogP contribution < -0.4 is 0 Å². The minimum atomic E-state index is -2.83. The zero-order chi connectivity index (χ0) is 20.9. The van der Waals surface area contributed by atoms with Crippen molar-refractivity contribution >= 4 is 40.3 Å². The van der Waals surface area contributed by atoms with E-state index in [1.807, 2.05) is 30.8 Å². The molecule has 0 aliphatic carbocycles. The Hall–Kier alpha value is 0.701. The van der Waals surface area contributed by atoms with Gasteiger partial charge in [0.15, 0.2) is 16.6 Å². The van der Waals surface area contributed by atoms with Gasteiger partial charge in [-0.3, -0.25) is 4.79 Å². The van der Waals surface area contributed by atoms with Crippen LogP contribution in [0.25, 0.3) is 0 Å². The summed E-state index contributed by atoms with van der Waals surface area (Å²) in [4.78, 5) is 10.8. The molecule has 0 aromatic heterocycles. The molecule has 0 saturated heterocycles. The molecule has 5 nitrogen and oxygen atoms in total. The number of benzene rings is 1. The van der Waals surface area contributed by atoms with Gasteiger partial charge in [0.25, 0.3) is 0 Å². The van der Waals surface area contributed by atoms with Crippen LogP contribution in [0.2, 0.25) is 58.9 Å². The Bertz CT molecular complexity index is 615. The zero-order valence-corrected chi connectivity index (χ0v) is 26.8. The zero-order valence-electron chi connectivity index (χ0n) is 19.9. The summed E-state index contributed by atoms with van der Waals surface area (Å²) in [6.07, 6.45) is 1.60. The van der Waals surface area contributed by atoms with Crippen LogP contribution in [0.1, 0.15) is 15.9 Å². The summed E-state index contributed by atoms with van der Waals surface area (Å²) in [6.45, 7) is 19.6. The van der Waals surface area contributed by atoms with Gasteiger partial charge in [-0.1, -0.05) is 24.3 Å². The summed E-state index contributed by atoms with van der Waals surface area (Å²) in [5.41, 5.74) is 1.81. The van der Waals surface area contributed by atoms with Crippen LogP contribution in [0.4, 0.5) is 0 Å².